The average Bonchev–Trinajstić information content (AvgIpc) is 2.67. The van der Waals surface area contributed by atoms with E-state index in [0.717, 1.165) is 18.2 Å². The first-order valence-electron chi connectivity index (χ1n) is 8.86. The Morgan fingerprint density at radius 1 is 0.900 bits per heavy atom. The molecule has 0 saturated carbocycles. The van der Waals surface area contributed by atoms with E-state index in [2.05, 4.69) is 0 Å². The monoisotopic (exact) mass is 412 g/mol. The standard InChI is InChI=1S/C21H16O9/c1-8(22)4-16-19(27)20(28)18-15(29-16)7-13(26)17-12(25)6-14(30-21(17)18)9-2-3-10(23)11(24)5-9/h2-3,5-8,22-24,26-27H,4H2,1H3. The van der Waals surface area contributed by atoms with Gasteiger partial charge < -0.3 is 34.4 Å². The molecule has 0 radical (unpaired) electrons. The third-order valence-corrected chi connectivity index (χ3v) is 4.63. The zero-order valence-electron chi connectivity index (χ0n) is 15.5. The van der Waals surface area contributed by atoms with Crippen LogP contribution in [0.25, 0.3) is 33.3 Å². The van der Waals surface area contributed by atoms with Gasteiger partial charge in [-0.05, 0) is 25.1 Å². The van der Waals surface area contributed by atoms with E-state index < -0.39 is 34.2 Å². The molecule has 1 atom stereocenters. The Morgan fingerprint density at radius 3 is 2.30 bits per heavy atom. The van der Waals surface area contributed by atoms with Gasteiger partial charge in [0.05, 0.1) is 6.10 Å². The van der Waals surface area contributed by atoms with Crippen molar-refractivity contribution in [2.45, 2.75) is 19.4 Å². The van der Waals surface area contributed by atoms with Gasteiger partial charge in [0.2, 0.25) is 11.2 Å². The van der Waals surface area contributed by atoms with Crippen LogP contribution in [-0.2, 0) is 6.42 Å². The Kier molecular flexibility index (Phi) is 4.39. The van der Waals surface area contributed by atoms with Gasteiger partial charge in [-0.1, -0.05) is 0 Å². The Balaban J connectivity index is 2.11. The third kappa shape index (κ3) is 3.01. The molecule has 9 nitrogen and oxygen atoms in total. The summed E-state index contributed by atoms with van der Waals surface area (Å²) in [4.78, 5) is 25.4. The van der Waals surface area contributed by atoms with E-state index in [0.29, 0.717) is 0 Å². The van der Waals surface area contributed by atoms with E-state index in [1.165, 1.54) is 19.1 Å². The molecule has 2 aromatic carbocycles. The van der Waals surface area contributed by atoms with Crippen LogP contribution < -0.4 is 10.9 Å². The average molecular weight is 412 g/mol. The zero-order chi connectivity index (χ0) is 21.7. The minimum atomic E-state index is -0.905. The number of phenolic OH excluding ortho intramolecular Hbond substituents is 3. The van der Waals surface area contributed by atoms with Gasteiger partial charge in [0.25, 0.3) is 0 Å². The number of rotatable bonds is 3. The SMILES string of the molecule is CC(O)Cc1oc2cc(O)c3c(=O)cc(-c4ccc(O)c(O)c4)oc3c2c(=O)c1O. The maximum atomic E-state index is 12.8. The van der Waals surface area contributed by atoms with Crippen molar-refractivity contribution in [3.63, 3.8) is 0 Å². The van der Waals surface area contributed by atoms with Gasteiger partial charge in [0.1, 0.15) is 27.9 Å². The summed E-state index contributed by atoms with van der Waals surface area (Å²) in [6.45, 7) is 1.44. The van der Waals surface area contributed by atoms with Gasteiger partial charge in [-0.15, -0.1) is 0 Å². The van der Waals surface area contributed by atoms with Crippen LogP contribution in [0.2, 0.25) is 0 Å². The summed E-state index contributed by atoms with van der Waals surface area (Å²) in [6, 6.07) is 5.85. The van der Waals surface area contributed by atoms with Gasteiger partial charge in [-0.2, -0.15) is 0 Å². The maximum Gasteiger partial charge on any atom is 0.238 e. The largest absolute Gasteiger partial charge is 0.507 e. The molecular weight excluding hydrogens is 396 g/mol. The summed E-state index contributed by atoms with van der Waals surface area (Å²) in [7, 11) is 0. The van der Waals surface area contributed by atoms with Gasteiger partial charge in [-0.3, -0.25) is 9.59 Å². The fourth-order valence-corrected chi connectivity index (χ4v) is 3.24. The molecule has 0 fully saturated rings. The molecule has 0 bridgehead atoms. The normalized spacial score (nSPS) is 12.5. The van der Waals surface area contributed by atoms with Gasteiger partial charge >= 0.3 is 0 Å². The second kappa shape index (κ2) is 6.82. The first-order valence-corrected chi connectivity index (χ1v) is 8.86. The maximum absolute atomic E-state index is 12.8. The molecule has 5 N–H and O–H groups in total. The topological polar surface area (TPSA) is 162 Å². The van der Waals surface area contributed by atoms with Crippen molar-refractivity contribution < 1.29 is 34.4 Å². The lowest BCUT2D eigenvalue weighted by Crippen LogP contribution is -2.11. The highest BCUT2D eigenvalue weighted by Gasteiger charge is 2.22. The lowest BCUT2D eigenvalue weighted by atomic mass is 10.1. The molecule has 0 aliphatic heterocycles. The molecule has 0 aliphatic carbocycles. The number of aliphatic hydroxyl groups is 1. The number of aliphatic hydroxyl groups excluding tert-OH is 1. The van der Waals surface area contributed by atoms with Crippen molar-refractivity contribution in [2.24, 2.45) is 0 Å². The highest BCUT2D eigenvalue weighted by atomic mass is 16.4. The van der Waals surface area contributed by atoms with E-state index in [1.807, 2.05) is 0 Å². The molecule has 0 spiro atoms. The van der Waals surface area contributed by atoms with Gasteiger partial charge in [0.15, 0.2) is 28.3 Å². The molecule has 30 heavy (non-hydrogen) atoms. The predicted octanol–water partition coefficient (Wildman–Crippen LogP) is 2.31. The molecule has 2 heterocycles. The highest BCUT2D eigenvalue weighted by molar-refractivity contribution is 6.05. The van der Waals surface area contributed by atoms with Crippen molar-refractivity contribution in [3.8, 4) is 34.3 Å². The molecule has 0 aliphatic rings. The number of hydrogen-bond acceptors (Lipinski definition) is 9. The summed E-state index contributed by atoms with van der Waals surface area (Å²) >= 11 is 0. The van der Waals surface area contributed by atoms with Crippen LogP contribution in [0, 0.1) is 0 Å². The lowest BCUT2D eigenvalue weighted by Gasteiger charge is -2.10. The zero-order valence-corrected chi connectivity index (χ0v) is 15.5. The smallest absolute Gasteiger partial charge is 0.238 e. The molecule has 0 saturated heterocycles. The van der Waals surface area contributed by atoms with Crippen LogP contribution >= 0.6 is 0 Å². The van der Waals surface area contributed by atoms with Crippen molar-refractivity contribution in [1.82, 2.24) is 0 Å². The predicted molar refractivity (Wildman–Crippen MR) is 106 cm³/mol. The van der Waals surface area contributed by atoms with E-state index in [1.54, 1.807) is 0 Å². The summed E-state index contributed by atoms with van der Waals surface area (Å²) in [5.74, 6) is -2.30. The number of benzene rings is 2. The van der Waals surface area contributed by atoms with E-state index >= 15 is 0 Å². The summed E-state index contributed by atoms with van der Waals surface area (Å²) in [6.07, 6.45) is -1.05. The molecule has 1 unspecified atom stereocenters. The summed E-state index contributed by atoms with van der Waals surface area (Å²) in [5.41, 5.74) is -1.81. The fourth-order valence-electron chi connectivity index (χ4n) is 3.24. The molecule has 0 amide bonds. The van der Waals surface area contributed by atoms with Gasteiger partial charge in [0, 0.05) is 24.1 Å². The second-order valence-corrected chi connectivity index (χ2v) is 6.91. The van der Waals surface area contributed by atoms with Crippen LogP contribution in [0.1, 0.15) is 12.7 Å². The van der Waals surface area contributed by atoms with E-state index in [-0.39, 0.29) is 51.2 Å². The van der Waals surface area contributed by atoms with Crippen LogP contribution in [0.4, 0.5) is 0 Å². The van der Waals surface area contributed by atoms with Crippen LogP contribution in [0.5, 0.6) is 23.0 Å². The van der Waals surface area contributed by atoms with Gasteiger partial charge in [-0.25, -0.2) is 0 Å². The third-order valence-electron chi connectivity index (χ3n) is 4.63. The fraction of sp³-hybridized carbons (Fsp3) is 0.143. The summed E-state index contributed by atoms with van der Waals surface area (Å²) in [5, 5.41) is 48.7. The highest BCUT2D eigenvalue weighted by Crippen LogP contribution is 2.35. The number of hydrogen-bond donors (Lipinski definition) is 5. The second-order valence-electron chi connectivity index (χ2n) is 6.91. The van der Waals surface area contributed by atoms with Crippen molar-refractivity contribution in [3.05, 3.63) is 56.5 Å². The minimum Gasteiger partial charge on any atom is -0.507 e. The molecule has 2 aromatic heterocycles. The minimum absolute atomic E-state index is 0.0540. The quantitative estimate of drug-likeness (QED) is 0.251. The van der Waals surface area contributed by atoms with E-state index in [4.69, 9.17) is 8.83 Å². The van der Waals surface area contributed by atoms with Crippen LogP contribution in [0.3, 0.4) is 0 Å². The number of fused-ring (bicyclic) bond motifs is 3. The lowest BCUT2D eigenvalue weighted by molar-refractivity contribution is 0.185. The van der Waals surface area contributed by atoms with Crippen LogP contribution in [-0.4, -0.2) is 31.6 Å². The van der Waals surface area contributed by atoms with E-state index in [9.17, 15) is 35.1 Å². The first kappa shape index (κ1) is 19.3. The van der Waals surface area contributed by atoms with Crippen LogP contribution in [0.15, 0.2) is 48.8 Å². The first-order chi connectivity index (χ1) is 14.2. The number of phenols is 3. The Morgan fingerprint density at radius 2 is 1.63 bits per heavy atom. The molecule has 4 aromatic rings. The molecule has 154 valence electrons. The Bertz CT molecular complexity index is 1430. The Labute approximate surface area is 167 Å². The van der Waals surface area contributed by atoms with Crippen molar-refractivity contribution in [1.29, 1.82) is 0 Å². The molecule has 9 heteroatoms. The Hall–Kier alpha value is -3.98. The summed E-state index contributed by atoms with van der Waals surface area (Å²) < 4.78 is 11.2. The molecular formula is C21H16O9. The van der Waals surface area contributed by atoms with Crippen molar-refractivity contribution >= 4 is 21.9 Å². The van der Waals surface area contributed by atoms with Crippen molar-refractivity contribution in [2.75, 3.05) is 0 Å². The molecule has 4 rings (SSSR count). The number of aromatic hydroxyl groups is 4.